The van der Waals surface area contributed by atoms with Crippen molar-refractivity contribution in [2.75, 3.05) is 0 Å². The van der Waals surface area contributed by atoms with Gasteiger partial charge >= 0.3 is 23.9 Å². The van der Waals surface area contributed by atoms with Crippen LogP contribution in [0.5, 0.6) is 0 Å². The standard InChI is InChI=1S/C31H56O8/c1-4-5-6-15-20-23-28(34)39-29(35)26(31(38,30(36)37)24-27(32)33)22-19-17-14-12-10-8-7-9-11-13-16-18-21-25(2)3/h25-26,38H,4-24H2,1-3H3,(H,32,33)(H,36,37). The van der Waals surface area contributed by atoms with Gasteiger partial charge in [0.1, 0.15) is 0 Å². The van der Waals surface area contributed by atoms with Crippen LogP contribution in [0.1, 0.15) is 156 Å². The molecule has 39 heavy (non-hydrogen) atoms. The van der Waals surface area contributed by atoms with E-state index in [2.05, 4.69) is 20.8 Å². The highest BCUT2D eigenvalue weighted by Crippen LogP contribution is 2.29. The summed E-state index contributed by atoms with van der Waals surface area (Å²) >= 11 is 0. The van der Waals surface area contributed by atoms with E-state index in [0.29, 0.717) is 19.3 Å². The number of unbranched alkanes of at least 4 members (excludes halogenated alkanes) is 15. The van der Waals surface area contributed by atoms with E-state index in [4.69, 9.17) is 9.84 Å². The molecular formula is C31H56O8. The van der Waals surface area contributed by atoms with Gasteiger partial charge in [-0.2, -0.15) is 0 Å². The van der Waals surface area contributed by atoms with Crippen molar-refractivity contribution in [2.45, 2.75) is 161 Å². The second-order valence-electron chi connectivity index (χ2n) is 11.5. The molecule has 0 heterocycles. The largest absolute Gasteiger partial charge is 0.481 e. The zero-order chi connectivity index (χ0) is 29.5. The molecule has 8 nitrogen and oxygen atoms in total. The highest BCUT2D eigenvalue weighted by atomic mass is 16.6. The number of carbonyl (C=O) groups is 4. The van der Waals surface area contributed by atoms with Crippen LogP contribution in [-0.4, -0.2) is 44.8 Å². The van der Waals surface area contributed by atoms with Crippen LogP contribution in [0.3, 0.4) is 0 Å². The van der Waals surface area contributed by atoms with Crippen molar-refractivity contribution in [1.29, 1.82) is 0 Å². The molecule has 0 aromatic rings. The summed E-state index contributed by atoms with van der Waals surface area (Å²) in [5.74, 6) is -6.13. The number of rotatable bonds is 26. The third-order valence-corrected chi connectivity index (χ3v) is 7.38. The fourth-order valence-electron chi connectivity index (χ4n) is 4.91. The number of hydrogen-bond donors (Lipinski definition) is 3. The molecule has 0 aliphatic rings. The Hall–Kier alpha value is -1.96. The van der Waals surface area contributed by atoms with Gasteiger partial charge in [0.2, 0.25) is 0 Å². The second kappa shape index (κ2) is 22.8. The summed E-state index contributed by atoms with van der Waals surface area (Å²) < 4.78 is 4.88. The van der Waals surface area contributed by atoms with Crippen LogP contribution >= 0.6 is 0 Å². The fraction of sp³-hybridized carbons (Fsp3) is 0.871. The van der Waals surface area contributed by atoms with Crippen LogP contribution in [0.4, 0.5) is 0 Å². The lowest BCUT2D eigenvalue weighted by Crippen LogP contribution is -2.51. The van der Waals surface area contributed by atoms with Crippen LogP contribution in [0, 0.1) is 11.8 Å². The van der Waals surface area contributed by atoms with Crippen LogP contribution in [0.2, 0.25) is 0 Å². The molecule has 2 atom stereocenters. The minimum absolute atomic E-state index is 0.0186. The number of carboxylic acids is 2. The van der Waals surface area contributed by atoms with Crippen LogP contribution in [0.25, 0.3) is 0 Å². The number of carbonyl (C=O) groups excluding carboxylic acids is 2. The Bertz CT molecular complexity index is 690. The summed E-state index contributed by atoms with van der Waals surface area (Å²) in [4.78, 5) is 48.0. The van der Waals surface area contributed by atoms with Crippen LogP contribution < -0.4 is 0 Å². The van der Waals surface area contributed by atoms with Crippen LogP contribution in [-0.2, 0) is 23.9 Å². The van der Waals surface area contributed by atoms with Gasteiger partial charge in [0.05, 0.1) is 12.3 Å². The summed E-state index contributed by atoms with van der Waals surface area (Å²) in [5.41, 5.74) is -2.83. The smallest absolute Gasteiger partial charge is 0.337 e. The molecule has 0 saturated carbocycles. The van der Waals surface area contributed by atoms with Crippen molar-refractivity contribution in [2.24, 2.45) is 11.8 Å². The van der Waals surface area contributed by atoms with E-state index in [-0.39, 0.29) is 12.8 Å². The Labute approximate surface area is 236 Å². The van der Waals surface area contributed by atoms with Gasteiger partial charge in [0, 0.05) is 6.42 Å². The molecule has 0 rings (SSSR count). The first-order valence-corrected chi connectivity index (χ1v) is 15.5. The number of esters is 2. The van der Waals surface area contributed by atoms with Gasteiger partial charge in [0.15, 0.2) is 5.60 Å². The molecular weight excluding hydrogens is 500 g/mol. The molecule has 0 aliphatic carbocycles. The predicted octanol–water partition coefficient (Wildman–Crippen LogP) is 7.44. The molecule has 0 amide bonds. The third kappa shape index (κ3) is 18.9. The van der Waals surface area contributed by atoms with E-state index in [1.54, 1.807) is 0 Å². The van der Waals surface area contributed by atoms with Gasteiger partial charge in [-0.05, 0) is 18.8 Å². The Kier molecular flexibility index (Phi) is 21.7. The van der Waals surface area contributed by atoms with E-state index in [1.165, 1.54) is 51.4 Å². The van der Waals surface area contributed by atoms with Crippen molar-refractivity contribution in [3.63, 3.8) is 0 Å². The minimum Gasteiger partial charge on any atom is -0.481 e. The van der Waals surface area contributed by atoms with Gasteiger partial charge in [-0.3, -0.25) is 14.4 Å². The maximum absolute atomic E-state index is 12.7. The Morgan fingerprint density at radius 1 is 0.667 bits per heavy atom. The van der Waals surface area contributed by atoms with E-state index in [1.807, 2.05) is 0 Å². The topological polar surface area (TPSA) is 138 Å². The van der Waals surface area contributed by atoms with Crippen molar-refractivity contribution in [3.05, 3.63) is 0 Å². The highest BCUT2D eigenvalue weighted by molar-refractivity contribution is 5.93. The monoisotopic (exact) mass is 556 g/mol. The minimum atomic E-state index is -2.83. The lowest BCUT2D eigenvalue weighted by Gasteiger charge is -2.29. The number of ether oxygens (including phenoxy) is 1. The molecule has 3 N–H and O–H groups in total. The molecule has 8 heteroatoms. The van der Waals surface area contributed by atoms with Crippen molar-refractivity contribution < 1.29 is 39.2 Å². The highest BCUT2D eigenvalue weighted by Gasteiger charge is 2.50. The van der Waals surface area contributed by atoms with Gasteiger partial charge in [-0.25, -0.2) is 4.79 Å². The molecule has 0 bridgehead atoms. The molecule has 0 aromatic heterocycles. The molecule has 228 valence electrons. The van der Waals surface area contributed by atoms with Gasteiger partial charge in [-0.1, -0.05) is 130 Å². The quantitative estimate of drug-likeness (QED) is 0.0567. The molecule has 0 fully saturated rings. The van der Waals surface area contributed by atoms with Gasteiger partial charge < -0.3 is 20.1 Å². The first-order chi connectivity index (χ1) is 18.5. The molecule has 0 aliphatic heterocycles. The van der Waals surface area contributed by atoms with Gasteiger partial charge in [-0.15, -0.1) is 0 Å². The predicted molar refractivity (Wildman–Crippen MR) is 152 cm³/mol. The van der Waals surface area contributed by atoms with Crippen molar-refractivity contribution in [1.82, 2.24) is 0 Å². The first-order valence-electron chi connectivity index (χ1n) is 15.5. The first kappa shape index (κ1) is 37.0. The normalized spacial score (nSPS) is 13.7. The SMILES string of the molecule is CCCCCCCC(=O)OC(=O)C(CCCCCCCCCCCCCCC(C)C)C(O)(CC(=O)O)C(=O)O. The molecule has 0 saturated heterocycles. The number of aliphatic carboxylic acids is 2. The van der Waals surface area contributed by atoms with Crippen molar-refractivity contribution >= 4 is 23.9 Å². The summed E-state index contributed by atoms with van der Waals surface area (Å²) in [7, 11) is 0. The third-order valence-electron chi connectivity index (χ3n) is 7.38. The van der Waals surface area contributed by atoms with E-state index < -0.39 is 41.8 Å². The molecule has 0 spiro atoms. The average molecular weight is 557 g/mol. The average Bonchev–Trinajstić information content (AvgIpc) is 2.85. The summed E-state index contributed by atoms with van der Waals surface area (Å²) in [6.07, 6.45) is 17.7. The summed E-state index contributed by atoms with van der Waals surface area (Å²) in [5, 5.41) is 29.4. The Morgan fingerprint density at radius 3 is 1.54 bits per heavy atom. The maximum atomic E-state index is 12.7. The fourth-order valence-corrected chi connectivity index (χ4v) is 4.91. The van der Waals surface area contributed by atoms with Gasteiger partial charge in [0.25, 0.3) is 0 Å². The van der Waals surface area contributed by atoms with E-state index in [0.717, 1.165) is 50.9 Å². The maximum Gasteiger partial charge on any atom is 0.337 e. The lowest BCUT2D eigenvalue weighted by atomic mass is 9.81. The van der Waals surface area contributed by atoms with E-state index >= 15 is 0 Å². The van der Waals surface area contributed by atoms with Crippen molar-refractivity contribution in [3.8, 4) is 0 Å². The Balaban J connectivity index is 4.51. The molecule has 2 unspecified atom stereocenters. The number of aliphatic hydroxyl groups is 1. The zero-order valence-corrected chi connectivity index (χ0v) is 24.9. The Morgan fingerprint density at radius 2 is 1.10 bits per heavy atom. The number of carboxylic acid groups (broad SMARTS) is 2. The second-order valence-corrected chi connectivity index (χ2v) is 11.5. The number of hydrogen-bond acceptors (Lipinski definition) is 6. The summed E-state index contributed by atoms with van der Waals surface area (Å²) in [6.45, 7) is 6.61. The lowest BCUT2D eigenvalue weighted by molar-refractivity contribution is -0.184. The van der Waals surface area contributed by atoms with E-state index in [9.17, 15) is 29.4 Å². The zero-order valence-electron chi connectivity index (χ0n) is 24.9. The molecule has 0 radical (unpaired) electrons. The van der Waals surface area contributed by atoms with Crippen LogP contribution in [0.15, 0.2) is 0 Å². The summed E-state index contributed by atoms with van der Waals surface area (Å²) in [6, 6.07) is 0. The molecule has 0 aromatic carbocycles.